The van der Waals surface area contributed by atoms with Crippen molar-refractivity contribution < 1.29 is 8.42 Å². The Morgan fingerprint density at radius 2 is 2.27 bits per heavy atom. The second kappa shape index (κ2) is 3.73. The minimum atomic E-state index is -3.16. The summed E-state index contributed by atoms with van der Waals surface area (Å²) in [6.07, 6.45) is 0.955. The van der Waals surface area contributed by atoms with Gasteiger partial charge in [-0.25, -0.2) is 8.42 Å². The van der Waals surface area contributed by atoms with E-state index in [0.29, 0.717) is 5.69 Å². The summed E-state index contributed by atoms with van der Waals surface area (Å²) in [5.41, 5.74) is 2.93. The van der Waals surface area contributed by atoms with E-state index >= 15 is 0 Å². The maximum atomic E-state index is 11.3. The second-order valence-electron chi connectivity index (χ2n) is 3.55. The summed E-state index contributed by atoms with van der Waals surface area (Å²) < 4.78 is 25.2. The van der Waals surface area contributed by atoms with E-state index in [-0.39, 0.29) is 5.75 Å². The van der Waals surface area contributed by atoms with Crippen molar-refractivity contribution in [2.75, 3.05) is 22.3 Å². The molecular formula is C10H14N2O2S. The molecule has 1 heterocycles. The highest BCUT2D eigenvalue weighted by Gasteiger charge is 2.12. The minimum absolute atomic E-state index is 0.0995. The molecule has 1 aliphatic rings. The number of fused-ring (bicyclic) bond motifs is 1. The summed E-state index contributed by atoms with van der Waals surface area (Å²) in [4.78, 5) is 0. The molecule has 0 bridgehead atoms. The predicted molar refractivity (Wildman–Crippen MR) is 61.7 cm³/mol. The van der Waals surface area contributed by atoms with E-state index in [1.54, 1.807) is 13.0 Å². The SMILES string of the molecule is CCS(=O)(=O)Nc1ccc2c(c1)CCN2. The molecule has 0 atom stereocenters. The lowest BCUT2D eigenvalue weighted by Crippen LogP contribution is -2.14. The highest BCUT2D eigenvalue weighted by atomic mass is 32.2. The Bertz CT molecular complexity index is 468. The Labute approximate surface area is 89.7 Å². The Kier molecular flexibility index (Phi) is 2.56. The molecule has 82 valence electrons. The van der Waals surface area contributed by atoms with Crippen LogP contribution < -0.4 is 10.0 Å². The zero-order valence-electron chi connectivity index (χ0n) is 8.58. The lowest BCUT2D eigenvalue weighted by molar-refractivity contribution is 0.602. The van der Waals surface area contributed by atoms with E-state index in [2.05, 4.69) is 10.0 Å². The number of hydrogen-bond donors (Lipinski definition) is 2. The van der Waals surface area contributed by atoms with Crippen molar-refractivity contribution in [2.45, 2.75) is 13.3 Å². The zero-order chi connectivity index (χ0) is 10.9. The summed E-state index contributed by atoms with van der Waals surface area (Å²) in [6, 6.07) is 5.59. The van der Waals surface area contributed by atoms with Crippen molar-refractivity contribution in [1.29, 1.82) is 0 Å². The van der Waals surface area contributed by atoms with Gasteiger partial charge < -0.3 is 5.32 Å². The first-order valence-corrected chi connectivity index (χ1v) is 6.63. The highest BCUT2D eigenvalue weighted by molar-refractivity contribution is 7.92. The van der Waals surface area contributed by atoms with E-state index in [1.807, 2.05) is 12.1 Å². The molecule has 1 aromatic rings. The van der Waals surface area contributed by atoms with Crippen LogP contribution in [0.5, 0.6) is 0 Å². The summed E-state index contributed by atoms with van der Waals surface area (Å²) in [7, 11) is -3.16. The van der Waals surface area contributed by atoms with Gasteiger partial charge in [-0.05, 0) is 37.1 Å². The fourth-order valence-electron chi connectivity index (χ4n) is 1.62. The van der Waals surface area contributed by atoms with Crippen LogP contribution in [-0.2, 0) is 16.4 Å². The van der Waals surface area contributed by atoms with Crippen LogP contribution in [-0.4, -0.2) is 20.7 Å². The van der Waals surface area contributed by atoms with Gasteiger partial charge in [0, 0.05) is 17.9 Å². The van der Waals surface area contributed by atoms with Crippen molar-refractivity contribution in [2.24, 2.45) is 0 Å². The Balaban J connectivity index is 2.24. The molecule has 2 rings (SSSR count). The third kappa shape index (κ3) is 2.23. The average Bonchev–Trinajstić information content (AvgIpc) is 2.64. The fraction of sp³-hybridized carbons (Fsp3) is 0.400. The van der Waals surface area contributed by atoms with Gasteiger partial charge in [0.25, 0.3) is 0 Å². The third-order valence-corrected chi connectivity index (χ3v) is 3.78. The molecule has 0 aliphatic carbocycles. The Morgan fingerprint density at radius 1 is 1.47 bits per heavy atom. The van der Waals surface area contributed by atoms with Gasteiger partial charge in [0.15, 0.2) is 0 Å². The van der Waals surface area contributed by atoms with Gasteiger partial charge >= 0.3 is 0 Å². The van der Waals surface area contributed by atoms with Crippen LogP contribution >= 0.6 is 0 Å². The molecule has 0 amide bonds. The quantitative estimate of drug-likeness (QED) is 0.819. The number of sulfonamides is 1. The van der Waals surface area contributed by atoms with E-state index < -0.39 is 10.0 Å². The van der Waals surface area contributed by atoms with Crippen molar-refractivity contribution in [3.8, 4) is 0 Å². The number of benzene rings is 1. The molecule has 15 heavy (non-hydrogen) atoms. The Hall–Kier alpha value is -1.23. The fourth-order valence-corrected chi connectivity index (χ4v) is 2.25. The maximum Gasteiger partial charge on any atom is 0.232 e. The normalized spacial score (nSPS) is 14.5. The van der Waals surface area contributed by atoms with Crippen LogP contribution in [0.1, 0.15) is 12.5 Å². The van der Waals surface area contributed by atoms with Gasteiger partial charge in [0.1, 0.15) is 0 Å². The summed E-state index contributed by atoms with van der Waals surface area (Å²) in [6.45, 7) is 2.55. The number of nitrogens with one attached hydrogen (secondary N) is 2. The predicted octanol–water partition coefficient (Wildman–Crippen LogP) is 1.42. The molecule has 0 saturated carbocycles. The van der Waals surface area contributed by atoms with Crippen LogP contribution in [0.3, 0.4) is 0 Å². The van der Waals surface area contributed by atoms with Gasteiger partial charge in [0.05, 0.1) is 5.75 Å². The zero-order valence-corrected chi connectivity index (χ0v) is 9.39. The maximum absolute atomic E-state index is 11.3. The smallest absolute Gasteiger partial charge is 0.232 e. The monoisotopic (exact) mass is 226 g/mol. The molecule has 0 fully saturated rings. The number of hydrogen-bond acceptors (Lipinski definition) is 3. The average molecular weight is 226 g/mol. The molecule has 0 spiro atoms. The molecule has 0 saturated heterocycles. The van der Waals surface area contributed by atoms with Crippen molar-refractivity contribution >= 4 is 21.4 Å². The number of anilines is 2. The van der Waals surface area contributed by atoms with E-state index in [0.717, 1.165) is 18.7 Å². The third-order valence-electron chi connectivity index (χ3n) is 2.47. The molecule has 0 unspecified atom stereocenters. The molecule has 1 aliphatic heterocycles. The van der Waals surface area contributed by atoms with Crippen molar-refractivity contribution in [3.63, 3.8) is 0 Å². The van der Waals surface area contributed by atoms with Gasteiger partial charge in [-0.3, -0.25) is 4.72 Å². The molecular weight excluding hydrogens is 212 g/mol. The summed E-state index contributed by atoms with van der Waals surface area (Å²) in [5, 5.41) is 3.23. The van der Waals surface area contributed by atoms with E-state index in [1.165, 1.54) is 5.56 Å². The van der Waals surface area contributed by atoms with Crippen LogP contribution in [0.15, 0.2) is 18.2 Å². The molecule has 0 aromatic heterocycles. The van der Waals surface area contributed by atoms with E-state index in [9.17, 15) is 8.42 Å². The van der Waals surface area contributed by atoms with Crippen molar-refractivity contribution in [1.82, 2.24) is 0 Å². The van der Waals surface area contributed by atoms with E-state index in [4.69, 9.17) is 0 Å². The largest absolute Gasteiger partial charge is 0.384 e. The lowest BCUT2D eigenvalue weighted by atomic mass is 10.1. The first-order chi connectivity index (χ1) is 7.11. The van der Waals surface area contributed by atoms with Gasteiger partial charge in [0.2, 0.25) is 10.0 Å². The summed E-state index contributed by atoms with van der Waals surface area (Å²) >= 11 is 0. The lowest BCUT2D eigenvalue weighted by Gasteiger charge is -2.07. The molecule has 5 heteroatoms. The molecule has 1 aromatic carbocycles. The van der Waals surface area contributed by atoms with Gasteiger partial charge in [-0.1, -0.05) is 0 Å². The van der Waals surface area contributed by atoms with Gasteiger partial charge in [-0.2, -0.15) is 0 Å². The minimum Gasteiger partial charge on any atom is -0.384 e. The van der Waals surface area contributed by atoms with Crippen LogP contribution in [0, 0.1) is 0 Å². The van der Waals surface area contributed by atoms with Crippen LogP contribution in [0.4, 0.5) is 11.4 Å². The molecule has 4 nitrogen and oxygen atoms in total. The van der Waals surface area contributed by atoms with Gasteiger partial charge in [-0.15, -0.1) is 0 Å². The van der Waals surface area contributed by atoms with Crippen molar-refractivity contribution in [3.05, 3.63) is 23.8 Å². The molecule has 2 N–H and O–H groups in total. The Morgan fingerprint density at radius 3 is 3.00 bits per heavy atom. The first-order valence-electron chi connectivity index (χ1n) is 4.98. The number of rotatable bonds is 3. The summed E-state index contributed by atoms with van der Waals surface area (Å²) in [5.74, 6) is 0.0995. The first kappa shape index (κ1) is 10.3. The highest BCUT2D eigenvalue weighted by Crippen LogP contribution is 2.25. The second-order valence-corrected chi connectivity index (χ2v) is 5.57. The standard InChI is InChI=1S/C10H14N2O2S/c1-2-15(13,14)12-9-3-4-10-8(7-9)5-6-11-10/h3-4,7,11-12H,2,5-6H2,1H3. The topological polar surface area (TPSA) is 58.2 Å². The van der Waals surface area contributed by atoms with Crippen LogP contribution in [0.25, 0.3) is 0 Å². The molecule has 0 radical (unpaired) electrons. The van der Waals surface area contributed by atoms with Crippen LogP contribution in [0.2, 0.25) is 0 Å².